The summed E-state index contributed by atoms with van der Waals surface area (Å²) in [6.07, 6.45) is -0.263. The first kappa shape index (κ1) is 16.7. The van der Waals surface area contributed by atoms with Gasteiger partial charge in [-0.1, -0.05) is 35.9 Å². The van der Waals surface area contributed by atoms with Crippen LogP contribution in [0.4, 0.5) is 11.4 Å². The van der Waals surface area contributed by atoms with Gasteiger partial charge in [-0.3, -0.25) is 9.69 Å². The van der Waals surface area contributed by atoms with Gasteiger partial charge in [-0.05, 0) is 67.4 Å². The number of hydrogen-bond donors (Lipinski definition) is 1. The van der Waals surface area contributed by atoms with E-state index in [1.165, 1.54) is 11.1 Å². The Bertz CT molecular complexity index is 961. The summed E-state index contributed by atoms with van der Waals surface area (Å²) in [5.74, 6) is -0.00945. The van der Waals surface area contributed by atoms with Crippen LogP contribution in [0.5, 0.6) is 0 Å². The number of halogens is 1. The number of fused-ring (bicyclic) bond motifs is 1. The van der Waals surface area contributed by atoms with Crippen LogP contribution in [0, 0.1) is 13.8 Å². The molecule has 0 bridgehead atoms. The van der Waals surface area contributed by atoms with Gasteiger partial charge in [0.2, 0.25) is 0 Å². The Morgan fingerprint density at radius 3 is 2.27 bits per heavy atom. The van der Waals surface area contributed by atoms with E-state index in [4.69, 9.17) is 11.6 Å². The Morgan fingerprint density at radius 1 is 0.923 bits per heavy atom. The summed E-state index contributed by atoms with van der Waals surface area (Å²) in [4.78, 5) is 14.9. The van der Waals surface area contributed by atoms with Gasteiger partial charge in [0, 0.05) is 27.5 Å². The average Bonchev–Trinajstić information content (AvgIpc) is 2.88. The number of hydrogen-bond acceptors (Lipinski definition) is 2. The highest BCUT2D eigenvalue weighted by atomic mass is 35.5. The molecule has 4 heteroatoms. The highest BCUT2D eigenvalue weighted by Gasteiger charge is 2.37. The van der Waals surface area contributed by atoms with Crippen LogP contribution in [0.3, 0.4) is 0 Å². The maximum atomic E-state index is 13.1. The lowest BCUT2D eigenvalue weighted by atomic mass is 10.1. The van der Waals surface area contributed by atoms with Gasteiger partial charge in [0.1, 0.15) is 6.17 Å². The molecule has 1 aliphatic heterocycles. The van der Waals surface area contributed by atoms with E-state index < -0.39 is 0 Å². The maximum Gasteiger partial charge on any atom is 0.260 e. The Kier molecular flexibility index (Phi) is 4.17. The minimum absolute atomic E-state index is 0.00945. The first-order valence-electron chi connectivity index (χ1n) is 8.56. The van der Waals surface area contributed by atoms with Crippen molar-refractivity contribution >= 4 is 28.9 Å². The molecule has 26 heavy (non-hydrogen) atoms. The number of aryl methyl sites for hydroxylation is 2. The molecule has 0 spiro atoms. The van der Waals surface area contributed by atoms with Crippen molar-refractivity contribution in [3.63, 3.8) is 0 Å². The molecule has 0 fully saturated rings. The van der Waals surface area contributed by atoms with Crippen molar-refractivity contribution in [1.29, 1.82) is 0 Å². The fourth-order valence-electron chi connectivity index (χ4n) is 3.54. The third-order valence-corrected chi connectivity index (χ3v) is 4.84. The first-order valence-corrected chi connectivity index (χ1v) is 8.93. The second kappa shape index (κ2) is 6.50. The number of benzene rings is 3. The van der Waals surface area contributed by atoms with E-state index in [9.17, 15) is 4.79 Å². The molecule has 0 saturated heterocycles. The number of amides is 1. The number of carbonyl (C=O) groups excluding carboxylic acids is 1. The molecule has 0 aliphatic carbocycles. The van der Waals surface area contributed by atoms with Gasteiger partial charge in [0.25, 0.3) is 5.91 Å². The zero-order chi connectivity index (χ0) is 18.3. The molecule has 1 aliphatic rings. The topological polar surface area (TPSA) is 32.3 Å². The van der Waals surface area contributed by atoms with Gasteiger partial charge in [-0.2, -0.15) is 0 Å². The maximum absolute atomic E-state index is 13.1. The van der Waals surface area contributed by atoms with Gasteiger partial charge in [-0.25, -0.2) is 0 Å². The largest absolute Gasteiger partial charge is 0.361 e. The van der Waals surface area contributed by atoms with Crippen LogP contribution < -0.4 is 10.2 Å². The molecule has 4 rings (SSSR count). The van der Waals surface area contributed by atoms with Crippen molar-refractivity contribution in [3.8, 4) is 0 Å². The lowest BCUT2D eigenvalue weighted by Gasteiger charge is -2.27. The summed E-state index contributed by atoms with van der Waals surface area (Å²) in [7, 11) is 0. The first-order chi connectivity index (χ1) is 12.5. The van der Waals surface area contributed by atoms with Gasteiger partial charge in [-0.15, -0.1) is 0 Å². The molecule has 1 atom stereocenters. The molecule has 3 nitrogen and oxygen atoms in total. The Labute approximate surface area is 158 Å². The van der Waals surface area contributed by atoms with Crippen molar-refractivity contribution < 1.29 is 4.79 Å². The Balaban J connectivity index is 1.79. The second-order valence-electron chi connectivity index (χ2n) is 6.66. The third kappa shape index (κ3) is 2.95. The fraction of sp³-hybridized carbons (Fsp3) is 0.136. The number of carbonyl (C=O) groups is 1. The molecule has 0 aromatic heterocycles. The van der Waals surface area contributed by atoms with E-state index in [1.54, 1.807) is 17.0 Å². The molecular weight excluding hydrogens is 344 g/mol. The molecule has 130 valence electrons. The van der Waals surface area contributed by atoms with Crippen molar-refractivity contribution in [1.82, 2.24) is 0 Å². The van der Waals surface area contributed by atoms with E-state index in [0.29, 0.717) is 5.02 Å². The molecular formula is C22H19ClN2O. The van der Waals surface area contributed by atoms with E-state index in [-0.39, 0.29) is 12.1 Å². The standard InChI is InChI=1S/C22H19ClN2O/c1-14-11-15(2)13-17(12-14)24-21-19-5-3-4-6-20(19)22(26)25(21)18-9-7-16(23)8-10-18/h3-13,21,24H,1-2H3/t21-/m0/s1. The third-order valence-electron chi connectivity index (χ3n) is 4.59. The minimum Gasteiger partial charge on any atom is -0.361 e. The van der Waals surface area contributed by atoms with Crippen LogP contribution in [0.25, 0.3) is 0 Å². The van der Waals surface area contributed by atoms with E-state index in [1.807, 2.05) is 36.4 Å². The molecule has 0 saturated carbocycles. The summed E-state index contributed by atoms with van der Waals surface area (Å²) < 4.78 is 0. The second-order valence-corrected chi connectivity index (χ2v) is 7.10. The van der Waals surface area contributed by atoms with Crippen LogP contribution in [-0.2, 0) is 0 Å². The summed E-state index contributed by atoms with van der Waals surface area (Å²) in [5.41, 5.74) is 5.88. The fourth-order valence-corrected chi connectivity index (χ4v) is 3.67. The molecule has 3 aromatic rings. The van der Waals surface area contributed by atoms with Crippen LogP contribution in [0.1, 0.15) is 33.2 Å². The monoisotopic (exact) mass is 362 g/mol. The average molecular weight is 363 g/mol. The number of anilines is 2. The Morgan fingerprint density at radius 2 is 1.58 bits per heavy atom. The van der Waals surface area contributed by atoms with Gasteiger partial charge < -0.3 is 5.32 Å². The van der Waals surface area contributed by atoms with Gasteiger partial charge in [0.05, 0.1) is 0 Å². The summed E-state index contributed by atoms with van der Waals surface area (Å²) in [6.45, 7) is 4.14. The van der Waals surface area contributed by atoms with Gasteiger partial charge >= 0.3 is 0 Å². The molecule has 1 heterocycles. The summed E-state index contributed by atoms with van der Waals surface area (Å²) in [6, 6.07) is 21.4. The summed E-state index contributed by atoms with van der Waals surface area (Å²) in [5, 5.41) is 4.19. The van der Waals surface area contributed by atoms with Crippen LogP contribution >= 0.6 is 11.6 Å². The SMILES string of the molecule is Cc1cc(C)cc(N[C@@H]2c3ccccc3C(=O)N2c2ccc(Cl)cc2)c1. The zero-order valence-corrected chi connectivity index (χ0v) is 15.4. The van der Waals surface area contributed by atoms with Crippen molar-refractivity contribution in [2.75, 3.05) is 10.2 Å². The van der Waals surface area contributed by atoms with Crippen LogP contribution in [0.2, 0.25) is 5.02 Å². The number of nitrogens with zero attached hydrogens (tertiary/aromatic N) is 1. The van der Waals surface area contributed by atoms with Crippen LogP contribution in [-0.4, -0.2) is 5.91 Å². The number of rotatable bonds is 3. The quantitative estimate of drug-likeness (QED) is 0.645. The normalized spacial score (nSPS) is 15.9. The van der Waals surface area contributed by atoms with E-state index in [2.05, 4.69) is 37.4 Å². The molecule has 3 aromatic carbocycles. The Hall–Kier alpha value is -2.78. The van der Waals surface area contributed by atoms with E-state index in [0.717, 1.165) is 22.5 Å². The number of nitrogens with one attached hydrogen (secondary N) is 1. The van der Waals surface area contributed by atoms with Crippen LogP contribution in [0.15, 0.2) is 66.7 Å². The molecule has 1 N–H and O–H groups in total. The zero-order valence-electron chi connectivity index (χ0n) is 14.7. The minimum atomic E-state index is -0.263. The van der Waals surface area contributed by atoms with Crippen molar-refractivity contribution in [2.24, 2.45) is 0 Å². The lowest BCUT2D eigenvalue weighted by molar-refractivity contribution is 0.0993. The van der Waals surface area contributed by atoms with Crippen molar-refractivity contribution in [2.45, 2.75) is 20.0 Å². The summed E-state index contributed by atoms with van der Waals surface area (Å²) >= 11 is 6.03. The highest BCUT2D eigenvalue weighted by Crippen LogP contribution is 2.38. The molecule has 1 amide bonds. The van der Waals surface area contributed by atoms with Gasteiger partial charge in [0.15, 0.2) is 0 Å². The van der Waals surface area contributed by atoms with E-state index >= 15 is 0 Å². The molecule has 0 unspecified atom stereocenters. The van der Waals surface area contributed by atoms with Crippen molar-refractivity contribution in [3.05, 3.63) is 94.0 Å². The lowest BCUT2D eigenvalue weighted by Crippen LogP contribution is -2.32. The highest BCUT2D eigenvalue weighted by molar-refractivity contribution is 6.30. The predicted molar refractivity (Wildman–Crippen MR) is 107 cm³/mol. The smallest absolute Gasteiger partial charge is 0.260 e. The predicted octanol–water partition coefficient (Wildman–Crippen LogP) is 5.73. The molecule has 0 radical (unpaired) electrons.